The van der Waals surface area contributed by atoms with Crippen molar-refractivity contribution in [3.8, 4) is 5.88 Å². The Bertz CT molecular complexity index is 733. The molecule has 4 heterocycles. The molecule has 9 heteroatoms. The van der Waals surface area contributed by atoms with Crippen molar-refractivity contribution in [2.75, 3.05) is 13.7 Å². The molecule has 0 saturated carbocycles. The van der Waals surface area contributed by atoms with Gasteiger partial charge in [0.15, 0.2) is 23.2 Å². The lowest BCUT2D eigenvalue weighted by molar-refractivity contribution is -0.199. The van der Waals surface area contributed by atoms with Crippen LogP contribution >= 0.6 is 0 Å². The largest absolute Gasteiger partial charge is 0.479 e. The van der Waals surface area contributed by atoms with Gasteiger partial charge in [0.25, 0.3) is 0 Å². The maximum absolute atomic E-state index is 9.56. The van der Waals surface area contributed by atoms with Gasteiger partial charge in [0.2, 0.25) is 5.88 Å². The number of aromatic nitrogens is 4. The van der Waals surface area contributed by atoms with Crippen LogP contribution in [0.2, 0.25) is 0 Å². The Labute approximate surface area is 132 Å². The summed E-state index contributed by atoms with van der Waals surface area (Å²) in [4.78, 5) is 12.6. The number of hydrogen-bond donors (Lipinski definition) is 1. The van der Waals surface area contributed by atoms with Gasteiger partial charge in [-0.05, 0) is 13.8 Å². The first-order chi connectivity index (χ1) is 11.0. The molecule has 0 bridgehead atoms. The van der Waals surface area contributed by atoms with Crippen LogP contribution in [-0.4, -0.2) is 62.4 Å². The molecule has 0 aliphatic carbocycles. The smallest absolute Gasteiger partial charge is 0.245 e. The molecule has 1 N–H and O–H groups in total. The summed E-state index contributed by atoms with van der Waals surface area (Å²) in [5.41, 5.74) is 1.12. The zero-order chi connectivity index (χ0) is 16.2. The quantitative estimate of drug-likeness (QED) is 0.858. The Morgan fingerprint density at radius 3 is 2.78 bits per heavy atom. The summed E-state index contributed by atoms with van der Waals surface area (Å²) >= 11 is 0. The third-order valence-electron chi connectivity index (χ3n) is 4.10. The summed E-state index contributed by atoms with van der Waals surface area (Å²) in [6.07, 6.45) is 1.35. The molecule has 2 aliphatic heterocycles. The third kappa shape index (κ3) is 2.19. The van der Waals surface area contributed by atoms with Crippen LogP contribution in [0.15, 0.2) is 12.7 Å². The Kier molecular flexibility index (Phi) is 3.27. The van der Waals surface area contributed by atoms with E-state index in [2.05, 4.69) is 15.0 Å². The van der Waals surface area contributed by atoms with E-state index in [1.165, 1.54) is 13.4 Å². The molecule has 9 nitrogen and oxygen atoms in total. The van der Waals surface area contributed by atoms with Crippen LogP contribution < -0.4 is 4.74 Å². The number of hydrogen-bond acceptors (Lipinski definition) is 8. The summed E-state index contributed by atoms with van der Waals surface area (Å²) in [5, 5.41) is 9.56. The molecule has 0 aromatic carbocycles. The minimum Gasteiger partial charge on any atom is -0.479 e. The van der Waals surface area contributed by atoms with Crippen molar-refractivity contribution in [2.24, 2.45) is 0 Å². The van der Waals surface area contributed by atoms with E-state index in [1.54, 1.807) is 10.9 Å². The number of aliphatic hydroxyl groups excluding tert-OH is 1. The molecule has 4 atom stereocenters. The van der Waals surface area contributed by atoms with E-state index in [0.29, 0.717) is 17.0 Å². The van der Waals surface area contributed by atoms with Crippen molar-refractivity contribution in [3.05, 3.63) is 12.7 Å². The standard InChI is InChI=1S/C14H18N4O5/c1-14(2)22-9-7(4-19)21-13(10(9)23-14)18-6-17-8-11(18)15-5-16-12(8)20-3/h5-7,9-10,13,19H,4H2,1-3H3/t7-,9-,10-,13-/m1/s1. The van der Waals surface area contributed by atoms with Crippen molar-refractivity contribution in [3.63, 3.8) is 0 Å². The van der Waals surface area contributed by atoms with Crippen LogP contribution in [0.5, 0.6) is 5.88 Å². The molecule has 0 radical (unpaired) electrons. The van der Waals surface area contributed by atoms with Gasteiger partial charge >= 0.3 is 0 Å². The highest BCUT2D eigenvalue weighted by molar-refractivity contribution is 5.76. The van der Waals surface area contributed by atoms with Crippen LogP contribution in [0.25, 0.3) is 11.2 Å². The summed E-state index contributed by atoms with van der Waals surface area (Å²) in [5.74, 6) is -0.334. The zero-order valence-corrected chi connectivity index (χ0v) is 13.0. The minimum atomic E-state index is -0.728. The van der Waals surface area contributed by atoms with Gasteiger partial charge in [-0.25, -0.2) is 9.97 Å². The fourth-order valence-corrected chi connectivity index (χ4v) is 3.20. The first kappa shape index (κ1) is 14.8. The molecule has 4 rings (SSSR count). The zero-order valence-electron chi connectivity index (χ0n) is 13.0. The molecule has 2 aliphatic rings. The van der Waals surface area contributed by atoms with Gasteiger partial charge in [-0.2, -0.15) is 4.98 Å². The lowest BCUT2D eigenvalue weighted by Gasteiger charge is -2.24. The second kappa shape index (κ2) is 5.10. The van der Waals surface area contributed by atoms with Crippen LogP contribution in [0.4, 0.5) is 0 Å². The van der Waals surface area contributed by atoms with E-state index >= 15 is 0 Å². The van der Waals surface area contributed by atoms with E-state index in [4.69, 9.17) is 18.9 Å². The van der Waals surface area contributed by atoms with E-state index in [9.17, 15) is 5.11 Å². The molecule has 0 spiro atoms. The first-order valence-corrected chi connectivity index (χ1v) is 7.37. The predicted molar refractivity (Wildman–Crippen MR) is 76.7 cm³/mol. The van der Waals surface area contributed by atoms with Crippen LogP contribution in [0, 0.1) is 0 Å². The normalized spacial score (nSPS) is 32.3. The molecule has 2 aromatic rings. The summed E-state index contributed by atoms with van der Waals surface area (Å²) in [7, 11) is 1.53. The number of imidazole rings is 1. The minimum absolute atomic E-state index is 0.151. The number of rotatable bonds is 3. The summed E-state index contributed by atoms with van der Waals surface area (Å²) in [6, 6.07) is 0. The molecule has 2 saturated heterocycles. The average Bonchev–Trinajstić information content (AvgIpc) is 3.17. The fourth-order valence-electron chi connectivity index (χ4n) is 3.20. The summed E-state index contributed by atoms with van der Waals surface area (Å²) < 4.78 is 24.7. The lowest BCUT2D eigenvalue weighted by Crippen LogP contribution is -2.31. The number of aliphatic hydroxyl groups is 1. The molecule has 23 heavy (non-hydrogen) atoms. The van der Waals surface area contributed by atoms with Gasteiger partial charge in [-0.1, -0.05) is 0 Å². The second-order valence-corrected chi connectivity index (χ2v) is 6.02. The Morgan fingerprint density at radius 2 is 2.04 bits per heavy atom. The van der Waals surface area contributed by atoms with E-state index < -0.39 is 18.1 Å². The molecule has 2 aromatic heterocycles. The number of ether oxygens (including phenoxy) is 4. The molecule has 0 amide bonds. The Balaban J connectivity index is 1.76. The van der Waals surface area contributed by atoms with Crippen LogP contribution in [0.1, 0.15) is 20.1 Å². The van der Waals surface area contributed by atoms with Gasteiger partial charge in [-0.15, -0.1) is 0 Å². The molecule has 2 fully saturated rings. The molecule has 0 unspecified atom stereocenters. The number of nitrogens with zero attached hydrogens (tertiary/aromatic N) is 4. The lowest BCUT2D eigenvalue weighted by atomic mass is 10.1. The maximum Gasteiger partial charge on any atom is 0.245 e. The van der Waals surface area contributed by atoms with Crippen molar-refractivity contribution in [1.82, 2.24) is 19.5 Å². The average molecular weight is 322 g/mol. The van der Waals surface area contributed by atoms with Crippen molar-refractivity contribution < 1.29 is 24.1 Å². The highest BCUT2D eigenvalue weighted by Gasteiger charge is 2.55. The van der Waals surface area contributed by atoms with E-state index in [0.717, 1.165) is 0 Å². The van der Waals surface area contributed by atoms with E-state index in [1.807, 2.05) is 13.8 Å². The van der Waals surface area contributed by atoms with Gasteiger partial charge in [0.1, 0.15) is 24.6 Å². The topological polar surface area (TPSA) is 101 Å². The Morgan fingerprint density at radius 1 is 1.26 bits per heavy atom. The van der Waals surface area contributed by atoms with Gasteiger partial charge in [0.05, 0.1) is 20.0 Å². The molecular formula is C14H18N4O5. The van der Waals surface area contributed by atoms with Crippen molar-refractivity contribution >= 4 is 11.2 Å². The molecular weight excluding hydrogens is 304 g/mol. The van der Waals surface area contributed by atoms with Gasteiger partial charge < -0.3 is 24.1 Å². The van der Waals surface area contributed by atoms with Crippen molar-refractivity contribution in [2.45, 2.75) is 44.2 Å². The highest BCUT2D eigenvalue weighted by Crippen LogP contribution is 2.43. The van der Waals surface area contributed by atoms with E-state index in [-0.39, 0.29) is 18.8 Å². The third-order valence-corrected chi connectivity index (χ3v) is 4.10. The fraction of sp³-hybridized carbons (Fsp3) is 0.643. The first-order valence-electron chi connectivity index (χ1n) is 7.37. The predicted octanol–water partition coefficient (Wildman–Crippen LogP) is 0.245. The number of methoxy groups -OCH3 is 1. The van der Waals surface area contributed by atoms with Crippen molar-refractivity contribution in [1.29, 1.82) is 0 Å². The summed E-state index contributed by atoms with van der Waals surface area (Å²) in [6.45, 7) is 3.53. The molecule has 124 valence electrons. The second-order valence-electron chi connectivity index (χ2n) is 6.02. The maximum atomic E-state index is 9.56. The highest BCUT2D eigenvalue weighted by atomic mass is 16.8. The SMILES string of the molecule is COc1ncnc2c1ncn2[C@@H]1O[C@H](CO)[C@H]2OC(C)(C)O[C@H]21. The van der Waals surface area contributed by atoms with Crippen LogP contribution in [0.3, 0.4) is 0 Å². The monoisotopic (exact) mass is 322 g/mol. The Hall–Kier alpha value is -1.81. The van der Waals surface area contributed by atoms with Crippen LogP contribution in [-0.2, 0) is 14.2 Å². The number of fused-ring (bicyclic) bond motifs is 2. The van der Waals surface area contributed by atoms with Gasteiger partial charge in [-0.3, -0.25) is 4.57 Å². The van der Waals surface area contributed by atoms with Gasteiger partial charge in [0, 0.05) is 0 Å².